The van der Waals surface area contributed by atoms with Gasteiger partial charge >= 0.3 is 0 Å². The van der Waals surface area contributed by atoms with Gasteiger partial charge in [-0.3, -0.25) is 0 Å². The van der Waals surface area contributed by atoms with Crippen LogP contribution in [0.3, 0.4) is 0 Å². The van der Waals surface area contributed by atoms with Gasteiger partial charge in [-0.1, -0.05) is 24.1 Å². The Bertz CT molecular complexity index is 1040. The number of sulfonamides is 1. The van der Waals surface area contributed by atoms with Crippen LogP contribution in [0.5, 0.6) is 0 Å². The molecule has 1 saturated carbocycles. The molecule has 156 valence electrons. The fraction of sp³-hybridized carbons (Fsp3) is 0.619. The molecular weight excluding hydrogens is 408 g/mol. The highest BCUT2D eigenvalue weighted by Gasteiger charge is 2.58. The third kappa shape index (κ3) is 3.31. The molecule has 1 aromatic carbocycles. The molecule has 0 amide bonds. The van der Waals surface area contributed by atoms with Gasteiger partial charge in [-0.05, 0) is 62.1 Å². The van der Waals surface area contributed by atoms with E-state index in [9.17, 15) is 8.42 Å². The van der Waals surface area contributed by atoms with E-state index in [2.05, 4.69) is 14.8 Å². The Balaban J connectivity index is 1.30. The molecule has 3 aliphatic rings. The van der Waals surface area contributed by atoms with E-state index in [0.717, 1.165) is 49.4 Å². The summed E-state index contributed by atoms with van der Waals surface area (Å²) >= 11 is 6.16. The predicted octanol–water partition coefficient (Wildman–Crippen LogP) is 3.92. The van der Waals surface area contributed by atoms with Crippen LogP contribution in [0.2, 0.25) is 5.02 Å². The average molecular weight is 435 g/mol. The summed E-state index contributed by atoms with van der Waals surface area (Å²) in [4.78, 5) is 0.291. The lowest BCUT2D eigenvalue weighted by molar-refractivity contribution is 0.249. The first kappa shape index (κ1) is 19.5. The van der Waals surface area contributed by atoms with Crippen molar-refractivity contribution in [3.63, 3.8) is 0 Å². The van der Waals surface area contributed by atoms with Crippen molar-refractivity contribution in [2.24, 2.45) is 5.41 Å². The summed E-state index contributed by atoms with van der Waals surface area (Å²) in [5.74, 6) is 2.71. The first-order valence-corrected chi connectivity index (χ1v) is 12.4. The summed E-state index contributed by atoms with van der Waals surface area (Å²) < 4.78 is 30.1. The Morgan fingerprint density at radius 2 is 1.90 bits per heavy atom. The van der Waals surface area contributed by atoms with E-state index >= 15 is 0 Å². The molecule has 2 aromatic rings. The standard InChI is InChI=1S/C21H27ClN4O2S/c1-15-6-7-16(13-18(15)22)29(27,28)25-11-8-21(9-12-25)14-17(21)20-24-23-19-5-3-2-4-10-26(19)20/h6-7,13,17H,2-5,8-12,14H2,1H3. The minimum absolute atomic E-state index is 0.201. The van der Waals surface area contributed by atoms with Crippen LogP contribution in [0.25, 0.3) is 0 Å². The van der Waals surface area contributed by atoms with Gasteiger partial charge in [0.2, 0.25) is 10.0 Å². The van der Waals surface area contributed by atoms with Gasteiger partial charge in [0.25, 0.3) is 0 Å². The molecule has 6 nitrogen and oxygen atoms in total. The fourth-order valence-corrected chi connectivity index (χ4v) is 6.80. The van der Waals surface area contributed by atoms with Crippen molar-refractivity contribution in [2.75, 3.05) is 13.1 Å². The lowest BCUT2D eigenvalue weighted by atomic mass is 9.91. The maximum atomic E-state index is 13.1. The van der Waals surface area contributed by atoms with Crippen molar-refractivity contribution in [3.8, 4) is 0 Å². The van der Waals surface area contributed by atoms with Crippen LogP contribution in [0.4, 0.5) is 0 Å². The van der Waals surface area contributed by atoms with Gasteiger partial charge in [0, 0.05) is 37.0 Å². The molecule has 0 radical (unpaired) electrons. The smallest absolute Gasteiger partial charge is 0.243 e. The summed E-state index contributed by atoms with van der Waals surface area (Å²) in [7, 11) is -3.50. The Hall–Kier alpha value is -1.44. The van der Waals surface area contributed by atoms with Crippen LogP contribution in [-0.4, -0.2) is 40.6 Å². The Morgan fingerprint density at radius 1 is 1.10 bits per heavy atom. The quantitative estimate of drug-likeness (QED) is 0.734. The average Bonchev–Trinajstić information content (AvgIpc) is 3.33. The topological polar surface area (TPSA) is 68.1 Å². The first-order valence-electron chi connectivity index (χ1n) is 10.6. The SMILES string of the molecule is Cc1ccc(S(=O)(=O)N2CCC3(CC2)CC3c2nnc3n2CCCCC3)cc1Cl. The number of aryl methyl sites for hydroxylation is 2. The van der Waals surface area contributed by atoms with Crippen molar-refractivity contribution in [2.45, 2.75) is 69.2 Å². The summed E-state index contributed by atoms with van der Waals surface area (Å²) in [6.07, 6.45) is 7.56. The van der Waals surface area contributed by atoms with Gasteiger partial charge in [0.05, 0.1) is 4.90 Å². The maximum Gasteiger partial charge on any atom is 0.243 e. The number of halogens is 1. The van der Waals surface area contributed by atoms with Crippen LogP contribution in [-0.2, 0) is 23.0 Å². The zero-order valence-corrected chi connectivity index (χ0v) is 18.3. The van der Waals surface area contributed by atoms with Crippen molar-refractivity contribution < 1.29 is 8.42 Å². The number of piperidine rings is 1. The van der Waals surface area contributed by atoms with E-state index in [-0.39, 0.29) is 5.41 Å². The van der Waals surface area contributed by atoms with Crippen LogP contribution < -0.4 is 0 Å². The van der Waals surface area contributed by atoms with E-state index in [1.165, 1.54) is 19.3 Å². The largest absolute Gasteiger partial charge is 0.315 e. The fourth-order valence-electron chi connectivity index (χ4n) is 5.09. The maximum absolute atomic E-state index is 13.1. The zero-order chi connectivity index (χ0) is 20.2. The van der Waals surface area contributed by atoms with Crippen molar-refractivity contribution >= 4 is 21.6 Å². The number of nitrogens with zero attached hydrogens (tertiary/aromatic N) is 4. The van der Waals surface area contributed by atoms with E-state index in [1.807, 2.05) is 6.92 Å². The lowest BCUT2D eigenvalue weighted by Gasteiger charge is -2.32. The minimum atomic E-state index is -3.50. The summed E-state index contributed by atoms with van der Waals surface area (Å²) in [6.45, 7) is 4.03. The Kier molecular flexibility index (Phi) is 4.76. The first-order chi connectivity index (χ1) is 13.9. The van der Waals surface area contributed by atoms with Gasteiger partial charge in [-0.25, -0.2) is 8.42 Å². The van der Waals surface area contributed by atoms with Gasteiger partial charge in [-0.15, -0.1) is 10.2 Å². The summed E-state index contributed by atoms with van der Waals surface area (Å²) in [5.41, 5.74) is 1.09. The molecule has 2 aliphatic heterocycles. The van der Waals surface area contributed by atoms with E-state index in [4.69, 9.17) is 11.6 Å². The number of rotatable bonds is 3. The summed E-state index contributed by atoms with van der Waals surface area (Å²) in [6, 6.07) is 5.00. The normalized spacial score (nSPS) is 24.3. The second-order valence-corrected chi connectivity index (χ2v) is 11.2. The van der Waals surface area contributed by atoms with Crippen LogP contribution >= 0.6 is 11.6 Å². The van der Waals surface area contributed by atoms with Crippen LogP contribution in [0, 0.1) is 12.3 Å². The second kappa shape index (κ2) is 7.06. The van der Waals surface area contributed by atoms with Crippen molar-refractivity contribution in [1.82, 2.24) is 19.1 Å². The zero-order valence-electron chi connectivity index (χ0n) is 16.8. The number of aromatic nitrogens is 3. The van der Waals surface area contributed by atoms with Gasteiger partial charge in [0.1, 0.15) is 11.6 Å². The number of hydrogen-bond acceptors (Lipinski definition) is 4. The molecular formula is C21H27ClN4O2S. The summed E-state index contributed by atoms with van der Waals surface area (Å²) in [5, 5.41) is 9.50. The highest BCUT2D eigenvalue weighted by Crippen LogP contribution is 2.64. The molecule has 1 aromatic heterocycles. The molecule has 1 unspecified atom stereocenters. The molecule has 1 aliphatic carbocycles. The molecule has 2 fully saturated rings. The van der Waals surface area contributed by atoms with Crippen molar-refractivity contribution in [1.29, 1.82) is 0 Å². The molecule has 1 spiro atoms. The number of benzene rings is 1. The molecule has 0 bridgehead atoms. The molecule has 1 saturated heterocycles. The minimum Gasteiger partial charge on any atom is -0.315 e. The van der Waals surface area contributed by atoms with Gasteiger partial charge in [0.15, 0.2) is 0 Å². The monoisotopic (exact) mass is 434 g/mol. The molecule has 5 rings (SSSR count). The molecule has 29 heavy (non-hydrogen) atoms. The van der Waals surface area contributed by atoms with Gasteiger partial charge < -0.3 is 4.57 Å². The van der Waals surface area contributed by atoms with E-state index in [1.54, 1.807) is 22.5 Å². The molecule has 3 heterocycles. The lowest BCUT2D eigenvalue weighted by Crippen LogP contribution is -2.39. The number of fused-ring (bicyclic) bond motifs is 1. The highest BCUT2D eigenvalue weighted by molar-refractivity contribution is 7.89. The van der Waals surface area contributed by atoms with E-state index in [0.29, 0.717) is 28.9 Å². The molecule has 8 heteroatoms. The Labute approximate surface area is 177 Å². The predicted molar refractivity (Wildman–Crippen MR) is 112 cm³/mol. The highest BCUT2D eigenvalue weighted by atomic mass is 35.5. The van der Waals surface area contributed by atoms with Crippen LogP contribution in [0.1, 0.15) is 61.7 Å². The number of hydrogen-bond donors (Lipinski definition) is 0. The third-order valence-corrected chi connectivity index (χ3v) is 9.44. The van der Waals surface area contributed by atoms with E-state index < -0.39 is 10.0 Å². The van der Waals surface area contributed by atoms with Crippen molar-refractivity contribution in [3.05, 3.63) is 40.4 Å². The molecule has 1 atom stereocenters. The second-order valence-electron chi connectivity index (χ2n) is 8.87. The Morgan fingerprint density at radius 3 is 2.66 bits per heavy atom. The van der Waals surface area contributed by atoms with Crippen LogP contribution in [0.15, 0.2) is 23.1 Å². The third-order valence-electron chi connectivity index (χ3n) is 7.14. The van der Waals surface area contributed by atoms with Gasteiger partial charge in [-0.2, -0.15) is 4.31 Å². The molecule has 0 N–H and O–H groups in total.